The van der Waals surface area contributed by atoms with E-state index in [0.717, 1.165) is 18.4 Å². The molecule has 0 aliphatic heterocycles. The zero-order valence-electron chi connectivity index (χ0n) is 11.9. The van der Waals surface area contributed by atoms with E-state index in [2.05, 4.69) is 31.2 Å². The summed E-state index contributed by atoms with van der Waals surface area (Å²) >= 11 is 0. The standard InChI is InChI=1S/C15H25NOS/c1-5-6-12-7-9-13(10-8-12)14(16)11-18(17)15(2,3)4/h7-10,14H,5-6,11,16H2,1-4H3. The number of nitrogens with two attached hydrogens (primary N) is 1. The van der Waals surface area contributed by atoms with Crippen molar-refractivity contribution in [2.24, 2.45) is 5.73 Å². The molecule has 1 aromatic rings. The molecule has 2 N–H and O–H groups in total. The summed E-state index contributed by atoms with van der Waals surface area (Å²) in [6.07, 6.45) is 2.25. The second-order valence-electron chi connectivity index (χ2n) is 5.72. The molecule has 1 rings (SSSR count). The molecule has 102 valence electrons. The fraction of sp³-hybridized carbons (Fsp3) is 0.600. The zero-order valence-corrected chi connectivity index (χ0v) is 12.7. The van der Waals surface area contributed by atoms with E-state index in [0.29, 0.717) is 5.75 Å². The largest absolute Gasteiger partial charge is 0.323 e. The van der Waals surface area contributed by atoms with E-state index in [1.54, 1.807) is 0 Å². The molecule has 0 saturated heterocycles. The van der Waals surface area contributed by atoms with Crippen LogP contribution in [0, 0.1) is 0 Å². The van der Waals surface area contributed by atoms with Gasteiger partial charge in [-0.15, -0.1) is 0 Å². The topological polar surface area (TPSA) is 43.1 Å². The summed E-state index contributed by atoms with van der Waals surface area (Å²) in [4.78, 5) is 0. The van der Waals surface area contributed by atoms with Crippen LogP contribution in [0.2, 0.25) is 0 Å². The summed E-state index contributed by atoms with van der Waals surface area (Å²) in [5.41, 5.74) is 8.54. The highest BCUT2D eigenvalue weighted by Crippen LogP contribution is 2.19. The zero-order chi connectivity index (χ0) is 13.8. The van der Waals surface area contributed by atoms with E-state index in [4.69, 9.17) is 5.73 Å². The van der Waals surface area contributed by atoms with Crippen LogP contribution < -0.4 is 5.73 Å². The average molecular weight is 267 g/mol. The quantitative estimate of drug-likeness (QED) is 0.890. The molecule has 0 aromatic heterocycles. The van der Waals surface area contributed by atoms with Crippen LogP contribution in [-0.2, 0) is 17.2 Å². The van der Waals surface area contributed by atoms with Crippen LogP contribution in [0.15, 0.2) is 24.3 Å². The number of benzene rings is 1. The average Bonchev–Trinajstić information content (AvgIpc) is 2.29. The highest BCUT2D eigenvalue weighted by atomic mass is 32.2. The van der Waals surface area contributed by atoms with Crippen molar-refractivity contribution in [2.75, 3.05) is 5.75 Å². The van der Waals surface area contributed by atoms with Gasteiger partial charge in [0.2, 0.25) is 0 Å². The van der Waals surface area contributed by atoms with E-state index < -0.39 is 10.8 Å². The summed E-state index contributed by atoms with van der Waals surface area (Å²) in [7, 11) is -0.902. The lowest BCUT2D eigenvalue weighted by atomic mass is 10.0. The van der Waals surface area contributed by atoms with Gasteiger partial charge in [0.1, 0.15) is 0 Å². The molecular formula is C15H25NOS. The predicted molar refractivity (Wildman–Crippen MR) is 80.1 cm³/mol. The molecule has 0 amide bonds. The van der Waals surface area contributed by atoms with Crippen molar-refractivity contribution in [1.82, 2.24) is 0 Å². The second kappa shape index (κ2) is 6.48. The lowest BCUT2D eigenvalue weighted by Gasteiger charge is -2.21. The van der Waals surface area contributed by atoms with Crippen molar-refractivity contribution in [3.05, 3.63) is 35.4 Å². The highest BCUT2D eigenvalue weighted by Gasteiger charge is 2.22. The van der Waals surface area contributed by atoms with Gasteiger partial charge in [0.25, 0.3) is 0 Å². The van der Waals surface area contributed by atoms with Gasteiger partial charge in [-0.25, -0.2) is 0 Å². The Morgan fingerprint density at radius 3 is 2.22 bits per heavy atom. The van der Waals surface area contributed by atoms with E-state index in [-0.39, 0.29) is 10.8 Å². The molecule has 0 bridgehead atoms. The fourth-order valence-electron chi connectivity index (χ4n) is 1.73. The summed E-state index contributed by atoms with van der Waals surface area (Å²) in [6, 6.07) is 8.24. The van der Waals surface area contributed by atoms with Crippen molar-refractivity contribution in [2.45, 2.75) is 51.3 Å². The van der Waals surface area contributed by atoms with Crippen LogP contribution in [0.3, 0.4) is 0 Å². The molecule has 2 nitrogen and oxygen atoms in total. The molecule has 0 aliphatic rings. The molecule has 1 aromatic carbocycles. The third-order valence-corrected chi connectivity index (χ3v) is 4.99. The van der Waals surface area contributed by atoms with Gasteiger partial charge < -0.3 is 5.73 Å². The summed E-state index contributed by atoms with van der Waals surface area (Å²) in [6.45, 7) is 8.13. The van der Waals surface area contributed by atoms with Gasteiger partial charge in [-0.05, 0) is 38.3 Å². The van der Waals surface area contributed by atoms with E-state index in [9.17, 15) is 4.21 Å². The first-order chi connectivity index (χ1) is 8.34. The smallest absolute Gasteiger partial charge is 0.0433 e. The number of hydrogen-bond acceptors (Lipinski definition) is 2. The number of aryl methyl sites for hydroxylation is 1. The van der Waals surface area contributed by atoms with Gasteiger partial charge in [0.15, 0.2) is 0 Å². The van der Waals surface area contributed by atoms with Crippen LogP contribution in [0.1, 0.15) is 51.3 Å². The molecule has 2 unspecified atom stereocenters. The lowest BCUT2D eigenvalue weighted by molar-refractivity contribution is 0.640. The molecule has 2 atom stereocenters. The van der Waals surface area contributed by atoms with Crippen molar-refractivity contribution in [3.63, 3.8) is 0 Å². The van der Waals surface area contributed by atoms with Gasteiger partial charge >= 0.3 is 0 Å². The summed E-state index contributed by atoms with van der Waals surface area (Å²) < 4.78 is 11.9. The number of rotatable bonds is 5. The minimum Gasteiger partial charge on any atom is -0.323 e. The van der Waals surface area contributed by atoms with Crippen LogP contribution in [-0.4, -0.2) is 14.7 Å². The maximum atomic E-state index is 12.0. The van der Waals surface area contributed by atoms with Crippen molar-refractivity contribution in [3.8, 4) is 0 Å². The minimum absolute atomic E-state index is 0.138. The fourth-order valence-corrected chi connectivity index (χ4v) is 2.75. The predicted octanol–water partition coefficient (Wildman–Crippen LogP) is 3.19. The number of hydrogen-bond donors (Lipinski definition) is 1. The third kappa shape index (κ3) is 4.54. The SMILES string of the molecule is CCCc1ccc(C(N)CS(=O)C(C)(C)C)cc1. The Labute approximate surface area is 113 Å². The second-order valence-corrected chi connectivity index (χ2v) is 7.97. The highest BCUT2D eigenvalue weighted by molar-refractivity contribution is 7.86. The molecule has 0 fully saturated rings. The van der Waals surface area contributed by atoms with Crippen LogP contribution in [0.5, 0.6) is 0 Å². The molecule has 18 heavy (non-hydrogen) atoms. The Morgan fingerprint density at radius 2 is 1.78 bits per heavy atom. The normalized spacial score (nSPS) is 15.4. The van der Waals surface area contributed by atoms with Crippen LogP contribution in [0.25, 0.3) is 0 Å². The Hall–Kier alpha value is -0.670. The van der Waals surface area contributed by atoms with Gasteiger partial charge in [0.05, 0.1) is 0 Å². The Kier molecular flexibility index (Phi) is 5.54. The third-order valence-electron chi connectivity index (χ3n) is 2.96. The van der Waals surface area contributed by atoms with Crippen LogP contribution in [0.4, 0.5) is 0 Å². The van der Waals surface area contributed by atoms with E-state index in [1.807, 2.05) is 20.8 Å². The maximum absolute atomic E-state index is 12.0. The molecular weight excluding hydrogens is 242 g/mol. The Bertz CT molecular complexity index is 392. The van der Waals surface area contributed by atoms with Crippen molar-refractivity contribution < 1.29 is 4.21 Å². The van der Waals surface area contributed by atoms with Crippen molar-refractivity contribution in [1.29, 1.82) is 0 Å². The van der Waals surface area contributed by atoms with E-state index >= 15 is 0 Å². The van der Waals surface area contributed by atoms with Gasteiger partial charge in [-0.3, -0.25) is 4.21 Å². The van der Waals surface area contributed by atoms with Gasteiger partial charge in [-0.2, -0.15) is 0 Å². The summed E-state index contributed by atoms with van der Waals surface area (Å²) in [5, 5.41) is 0. The first kappa shape index (κ1) is 15.4. The molecule has 0 saturated carbocycles. The maximum Gasteiger partial charge on any atom is 0.0433 e. The molecule has 0 radical (unpaired) electrons. The van der Waals surface area contributed by atoms with Crippen molar-refractivity contribution >= 4 is 10.8 Å². The monoisotopic (exact) mass is 267 g/mol. The van der Waals surface area contributed by atoms with Gasteiger partial charge in [0, 0.05) is 27.3 Å². The first-order valence-corrected chi connectivity index (χ1v) is 7.89. The van der Waals surface area contributed by atoms with Gasteiger partial charge in [-0.1, -0.05) is 37.6 Å². The first-order valence-electron chi connectivity index (χ1n) is 6.57. The molecule has 0 aliphatic carbocycles. The summed E-state index contributed by atoms with van der Waals surface area (Å²) in [5.74, 6) is 0.524. The van der Waals surface area contributed by atoms with E-state index in [1.165, 1.54) is 5.56 Å². The molecule has 3 heteroatoms. The Balaban J connectivity index is 2.67. The molecule has 0 heterocycles. The Morgan fingerprint density at radius 1 is 1.22 bits per heavy atom. The van der Waals surface area contributed by atoms with Crippen LogP contribution >= 0.6 is 0 Å². The molecule has 0 spiro atoms. The minimum atomic E-state index is -0.902. The lowest BCUT2D eigenvalue weighted by Crippen LogP contribution is -2.29.